The number of aryl methyl sites for hydroxylation is 1. The second kappa shape index (κ2) is 5.27. The quantitative estimate of drug-likeness (QED) is 0.830. The number of hydrogen-bond donors (Lipinski definition) is 2. The molecular formula is C13H15N3OS. The molecule has 0 saturated heterocycles. The number of nitrogens with one attached hydrogen (secondary N) is 1. The van der Waals surface area contributed by atoms with Crippen molar-refractivity contribution in [3.63, 3.8) is 0 Å². The molecule has 0 bridgehead atoms. The third-order valence-electron chi connectivity index (χ3n) is 2.92. The fourth-order valence-corrected chi connectivity index (χ4v) is 1.92. The highest BCUT2D eigenvalue weighted by atomic mass is 32.1. The molecule has 4 nitrogen and oxygen atoms in total. The highest BCUT2D eigenvalue weighted by molar-refractivity contribution is 7.80. The van der Waals surface area contributed by atoms with Crippen molar-refractivity contribution in [1.29, 1.82) is 0 Å². The average molecular weight is 261 g/mol. The van der Waals surface area contributed by atoms with Crippen LogP contribution in [0.15, 0.2) is 35.4 Å². The van der Waals surface area contributed by atoms with Crippen molar-refractivity contribution in [3.8, 4) is 0 Å². The SMILES string of the molecule is Cc1c(CNC(=O)c2ccccc2S)cnn1C. The van der Waals surface area contributed by atoms with Gasteiger partial charge in [-0.25, -0.2) is 0 Å². The van der Waals surface area contributed by atoms with Gasteiger partial charge in [-0.15, -0.1) is 12.6 Å². The van der Waals surface area contributed by atoms with E-state index in [0.29, 0.717) is 17.0 Å². The average Bonchev–Trinajstić information content (AvgIpc) is 2.68. The first-order chi connectivity index (χ1) is 8.59. The number of aromatic nitrogens is 2. The van der Waals surface area contributed by atoms with Crippen molar-refractivity contribution >= 4 is 18.5 Å². The molecule has 0 aliphatic rings. The molecule has 1 amide bonds. The molecule has 2 rings (SSSR count). The van der Waals surface area contributed by atoms with E-state index in [-0.39, 0.29) is 5.91 Å². The van der Waals surface area contributed by atoms with Gasteiger partial charge in [0.2, 0.25) is 0 Å². The summed E-state index contributed by atoms with van der Waals surface area (Å²) in [5.41, 5.74) is 2.65. The zero-order valence-electron chi connectivity index (χ0n) is 10.3. The molecule has 0 atom stereocenters. The van der Waals surface area contributed by atoms with E-state index in [2.05, 4.69) is 23.0 Å². The molecule has 1 heterocycles. The molecule has 0 aliphatic carbocycles. The first-order valence-corrected chi connectivity index (χ1v) is 6.08. The number of amides is 1. The Balaban J connectivity index is 2.05. The maximum atomic E-state index is 12.0. The fourth-order valence-electron chi connectivity index (χ4n) is 1.65. The molecule has 0 saturated carbocycles. The Labute approximate surface area is 111 Å². The van der Waals surface area contributed by atoms with Gasteiger partial charge in [-0.1, -0.05) is 12.1 Å². The summed E-state index contributed by atoms with van der Waals surface area (Å²) in [5.74, 6) is -0.121. The number of thiol groups is 1. The van der Waals surface area contributed by atoms with Crippen LogP contribution < -0.4 is 5.32 Å². The summed E-state index contributed by atoms with van der Waals surface area (Å²) in [7, 11) is 1.88. The number of rotatable bonds is 3. The van der Waals surface area contributed by atoms with Gasteiger partial charge in [-0.3, -0.25) is 9.48 Å². The van der Waals surface area contributed by atoms with Crippen LogP contribution in [0.25, 0.3) is 0 Å². The van der Waals surface area contributed by atoms with Gasteiger partial charge in [-0.2, -0.15) is 5.10 Å². The van der Waals surface area contributed by atoms with Gasteiger partial charge < -0.3 is 5.32 Å². The summed E-state index contributed by atoms with van der Waals surface area (Å²) in [4.78, 5) is 12.6. The van der Waals surface area contributed by atoms with Crippen molar-refractivity contribution in [2.45, 2.75) is 18.4 Å². The van der Waals surface area contributed by atoms with Crippen LogP contribution >= 0.6 is 12.6 Å². The largest absolute Gasteiger partial charge is 0.348 e. The zero-order valence-corrected chi connectivity index (χ0v) is 11.2. The minimum atomic E-state index is -0.121. The van der Waals surface area contributed by atoms with E-state index in [0.717, 1.165) is 11.3 Å². The van der Waals surface area contributed by atoms with E-state index >= 15 is 0 Å². The number of hydrogen-bond acceptors (Lipinski definition) is 3. The van der Waals surface area contributed by atoms with Gasteiger partial charge in [0.1, 0.15) is 0 Å². The monoisotopic (exact) mass is 261 g/mol. The van der Waals surface area contributed by atoms with Gasteiger partial charge in [0.25, 0.3) is 5.91 Å². The topological polar surface area (TPSA) is 46.9 Å². The van der Waals surface area contributed by atoms with E-state index in [1.54, 1.807) is 23.0 Å². The van der Waals surface area contributed by atoms with Crippen molar-refractivity contribution in [1.82, 2.24) is 15.1 Å². The molecule has 18 heavy (non-hydrogen) atoms. The van der Waals surface area contributed by atoms with Crippen LogP contribution in [0.2, 0.25) is 0 Å². The molecule has 1 aromatic heterocycles. The normalized spacial score (nSPS) is 10.4. The summed E-state index contributed by atoms with van der Waals surface area (Å²) in [6, 6.07) is 7.23. The van der Waals surface area contributed by atoms with E-state index < -0.39 is 0 Å². The number of benzene rings is 1. The standard InChI is InChI=1S/C13H15N3OS/c1-9-10(8-15-16(9)2)7-14-13(17)11-5-3-4-6-12(11)18/h3-6,8,18H,7H2,1-2H3,(H,14,17). The van der Waals surface area contributed by atoms with Crippen LogP contribution in [0.5, 0.6) is 0 Å². The summed E-state index contributed by atoms with van der Waals surface area (Å²) in [5, 5.41) is 7.00. The predicted molar refractivity (Wildman–Crippen MR) is 72.8 cm³/mol. The number of carbonyl (C=O) groups excluding carboxylic acids is 1. The predicted octanol–water partition coefficient (Wildman–Crippen LogP) is 1.95. The Kier molecular flexibility index (Phi) is 3.72. The Morgan fingerprint density at radius 1 is 1.44 bits per heavy atom. The smallest absolute Gasteiger partial charge is 0.252 e. The summed E-state index contributed by atoms with van der Waals surface area (Å²) in [6.07, 6.45) is 1.77. The van der Waals surface area contributed by atoms with Crippen LogP contribution in [0, 0.1) is 6.92 Å². The highest BCUT2D eigenvalue weighted by Crippen LogP contribution is 2.13. The van der Waals surface area contributed by atoms with Gasteiger partial charge in [0.05, 0.1) is 11.8 Å². The van der Waals surface area contributed by atoms with Gasteiger partial charge >= 0.3 is 0 Å². The fraction of sp³-hybridized carbons (Fsp3) is 0.231. The first kappa shape index (κ1) is 12.7. The summed E-state index contributed by atoms with van der Waals surface area (Å²) in [6.45, 7) is 2.45. The molecule has 0 unspecified atom stereocenters. The highest BCUT2D eigenvalue weighted by Gasteiger charge is 2.10. The number of nitrogens with zero attached hydrogens (tertiary/aromatic N) is 2. The Morgan fingerprint density at radius 2 is 2.17 bits per heavy atom. The minimum Gasteiger partial charge on any atom is -0.348 e. The lowest BCUT2D eigenvalue weighted by Gasteiger charge is -2.06. The maximum Gasteiger partial charge on any atom is 0.252 e. The zero-order chi connectivity index (χ0) is 13.1. The second-order valence-corrected chi connectivity index (χ2v) is 4.56. The van der Waals surface area contributed by atoms with Crippen LogP contribution in [0.1, 0.15) is 21.6 Å². The second-order valence-electron chi connectivity index (χ2n) is 4.08. The number of carbonyl (C=O) groups is 1. The van der Waals surface area contributed by atoms with E-state index in [1.807, 2.05) is 26.1 Å². The molecule has 0 fully saturated rings. The lowest BCUT2D eigenvalue weighted by Crippen LogP contribution is -2.23. The Bertz CT molecular complexity index is 577. The van der Waals surface area contributed by atoms with Crippen LogP contribution in [0.4, 0.5) is 0 Å². The summed E-state index contributed by atoms with van der Waals surface area (Å²) >= 11 is 4.26. The van der Waals surface area contributed by atoms with Crippen molar-refractivity contribution < 1.29 is 4.79 Å². The molecule has 2 aromatic rings. The third-order valence-corrected chi connectivity index (χ3v) is 3.31. The lowest BCUT2D eigenvalue weighted by molar-refractivity contribution is 0.0948. The Hall–Kier alpha value is -1.75. The van der Waals surface area contributed by atoms with Crippen LogP contribution in [-0.2, 0) is 13.6 Å². The van der Waals surface area contributed by atoms with Crippen LogP contribution in [0.3, 0.4) is 0 Å². The maximum absolute atomic E-state index is 12.0. The third kappa shape index (κ3) is 2.56. The Morgan fingerprint density at radius 3 is 2.78 bits per heavy atom. The molecule has 94 valence electrons. The van der Waals surface area contributed by atoms with E-state index in [4.69, 9.17) is 0 Å². The molecule has 0 radical (unpaired) electrons. The van der Waals surface area contributed by atoms with Crippen molar-refractivity contribution in [2.75, 3.05) is 0 Å². The van der Waals surface area contributed by atoms with Gasteiger partial charge in [0.15, 0.2) is 0 Å². The van der Waals surface area contributed by atoms with Crippen molar-refractivity contribution in [2.24, 2.45) is 7.05 Å². The molecule has 1 N–H and O–H groups in total. The van der Waals surface area contributed by atoms with E-state index in [9.17, 15) is 4.79 Å². The molecule has 1 aromatic carbocycles. The molecule has 0 aliphatic heterocycles. The minimum absolute atomic E-state index is 0.121. The molecule has 0 spiro atoms. The van der Waals surface area contributed by atoms with Crippen LogP contribution in [-0.4, -0.2) is 15.7 Å². The summed E-state index contributed by atoms with van der Waals surface area (Å²) < 4.78 is 1.79. The first-order valence-electron chi connectivity index (χ1n) is 5.63. The molecular weight excluding hydrogens is 246 g/mol. The van der Waals surface area contributed by atoms with Crippen molar-refractivity contribution in [3.05, 3.63) is 47.3 Å². The molecule has 5 heteroatoms. The van der Waals surface area contributed by atoms with Gasteiger partial charge in [-0.05, 0) is 19.1 Å². The van der Waals surface area contributed by atoms with E-state index in [1.165, 1.54) is 0 Å². The van der Waals surface area contributed by atoms with Gasteiger partial charge in [0, 0.05) is 29.7 Å². The lowest BCUT2D eigenvalue weighted by atomic mass is 10.2.